The first kappa shape index (κ1) is 12.8. The fourth-order valence-corrected chi connectivity index (χ4v) is 2.72. The van der Waals surface area contributed by atoms with Crippen molar-refractivity contribution in [1.29, 1.82) is 0 Å². The molecule has 110 valence electrons. The normalized spacial score (nSPS) is 17.1. The van der Waals surface area contributed by atoms with Gasteiger partial charge in [0.05, 0.1) is 24.0 Å². The third kappa shape index (κ3) is 1.92. The molecule has 0 bridgehead atoms. The molecule has 2 aromatic heterocycles. The smallest absolute Gasteiger partial charge is 0.262 e. The first-order valence-electron chi connectivity index (χ1n) is 7.10. The van der Waals surface area contributed by atoms with Gasteiger partial charge in [-0.2, -0.15) is 14.8 Å². The summed E-state index contributed by atoms with van der Waals surface area (Å²) in [6.45, 7) is 2.46. The van der Waals surface area contributed by atoms with Gasteiger partial charge in [-0.25, -0.2) is 0 Å². The van der Waals surface area contributed by atoms with Gasteiger partial charge in [-0.15, -0.1) is 0 Å². The summed E-state index contributed by atoms with van der Waals surface area (Å²) in [6, 6.07) is 11.2. The molecule has 4 rings (SSSR count). The van der Waals surface area contributed by atoms with E-state index in [-0.39, 0.29) is 12.0 Å². The maximum atomic E-state index is 13.0. The number of benzene rings is 1. The van der Waals surface area contributed by atoms with Crippen LogP contribution in [0.25, 0.3) is 5.52 Å². The minimum Gasteiger partial charge on any atom is -0.487 e. The van der Waals surface area contributed by atoms with E-state index in [0.717, 1.165) is 11.4 Å². The zero-order valence-electron chi connectivity index (χ0n) is 12.0. The van der Waals surface area contributed by atoms with Gasteiger partial charge in [0.1, 0.15) is 17.4 Å². The SMILES string of the molecule is CC1CN(C(=O)c2cnn3ncccc23)c2ccccc2O1. The molecule has 0 saturated heterocycles. The lowest BCUT2D eigenvalue weighted by Gasteiger charge is -2.33. The fraction of sp³-hybridized carbons (Fsp3) is 0.188. The number of rotatable bonds is 1. The van der Waals surface area contributed by atoms with Crippen molar-refractivity contribution in [3.8, 4) is 5.75 Å². The molecule has 1 amide bonds. The lowest BCUT2D eigenvalue weighted by molar-refractivity contribution is 0.0962. The van der Waals surface area contributed by atoms with Gasteiger partial charge in [-0.05, 0) is 31.2 Å². The van der Waals surface area contributed by atoms with Crippen LogP contribution in [0.4, 0.5) is 5.69 Å². The first-order chi connectivity index (χ1) is 10.7. The Balaban J connectivity index is 1.80. The quantitative estimate of drug-likeness (QED) is 0.690. The summed E-state index contributed by atoms with van der Waals surface area (Å²) in [5.74, 6) is 0.634. The highest BCUT2D eigenvalue weighted by Crippen LogP contribution is 2.34. The number of hydrogen-bond donors (Lipinski definition) is 0. The number of carbonyl (C=O) groups is 1. The van der Waals surface area contributed by atoms with Gasteiger partial charge >= 0.3 is 0 Å². The van der Waals surface area contributed by atoms with Gasteiger partial charge in [0.15, 0.2) is 0 Å². The van der Waals surface area contributed by atoms with E-state index in [2.05, 4.69) is 10.2 Å². The second kappa shape index (κ2) is 4.84. The van der Waals surface area contributed by atoms with E-state index >= 15 is 0 Å². The minimum absolute atomic E-state index is 0.0567. The van der Waals surface area contributed by atoms with Crippen molar-refractivity contribution in [2.75, 3.05) is 11.4 Å². The molecular formula is C16H14N4O2. The van der Waals surface area contributed by atoms with Crippen molar-refractivity contribution in [3.05, 3.63) is 54.4 Å². The highest BCUT2D eigenvalue weighted by molar-refractivity contribution is 6.11. The van der Waals surface area contributed by atoms with Gasteiger partial charge in [0, 0.05) is 6.20 Å². The summed E-state index contributed by atoms with van der Waals surface area (Å²) in [5.41, 5.74) is 2.02. The number of ether oxygens (including phenoxy) is 1. The Morgan fingerprint density at radius 3 is 3.00 bits per heavy atom. The van der Waals surface area contributed by atoms with Crippen LogP contribution in [-0.4, -0.2) is 33.4 Å². The van der Waals surface area contributed by atoms with Gasteiger partial charge in [-0.1, -0.05) is 12.1 Å². The molecule has 6 heteroatoms. The van der Waals surface area contributed by atoms with Gasteiger partial charge < -0.3 is 9.64 Å². The Morgan fingerprint density at radius 1 is 1.23 bits per heavy atom. The van der Waals surface area contributed by atoms with Crippen molar-refractivity contribution in [2.24, 2.45) is 0 Å². The Morgan fingerprint density at radius 2 is 2.09 bits per heavy atom. The summed E-state index contributed by atoms with van der Waals surface area (Å²) in [5, 5.41) is 8.24. The molecule has 0 N–H and O–H groups in total. The highest BCUT2D eigenvalue weighted by Gasteiger charge is 2.29. The van der Waals surface area contributed by atoms with E-state index in [1.54, 1.807) is 23.4 Å². The van der Waals surface area contributed by atoms with Crippen molar-refractivity contribution in [2.45, 2.75) is 13.0 Å². The van der Waals surface area contributed by atoms with Crippen molar-refractivity contribution in [3.63, 3.8) is 0 Å². The average molecular weight is 294 g/mol. The summed E-state index contributed by atoms with van der Waals surface area (Å²) < 4.78 is 7.25. The summed E-state index contributed by atoms with van der Waals surface area (Å²) in [4.78, 5) is 14.7. The van der Waals surface area contributed by atoms with Crippen LogP contribution in [-0.2, 0) is 0 Å². The minimum atomic E-state index is -0.0920. The molecule has 0 fully saturated rings. The molecule has 1 atom stereocenters. The number of carbonyl (C=O) groups excluding carboxylic acids is 1. The van der Waals surface area contributed by atoms with Crippen LogP contribution < -0.4 is 9.64 Å². The van der Waals surface area contributed by atoms with Crippen LogP contribution in [0.3, 0.4) is 0 Å². The Bertz CT molecular complexity index is 858. The largest absolute Gasteiger partial charge is 0.487 e. The van der Waals surface area contributed by atoms with E-state index in [4.69, 9.17) is 4.74 Å². The van der Waals surface area contributed by atoms with Crippen LogP contribution in [0.2, 0.25) is 0 Å². The van der Waals surface area contributed by atoms with Gasteiger partial charge in [0.25, 0.3) is 5.91 Å². The van der Waals surface area contributed by atoms with E-state index in [1.807, 2.05) is 37.3 Å². The van der Waals surface area contributed by atoms with Crippen molar-refractivity contribution in [1.82, 2.24) is 14.8 Å². The van der Waals surface area contributed by atoms with E-state index in [9.17, 15) is 4.79 Å². The highest BCUT2D eigenvalue weighted by atomic mass is 16.5. The van der Waals surface area contributed by atoms with Crippen molar-refractivity contribution < 1.29 is 9.53 Å². The van der Waals surface area contributed by atoms with Crippen LogP contribution in [0.5, 0.6) is 5.75 Å². The predicted molar refractivity (Wildman–Crippen MR) is 81.2 cm³/mol. The number of aromatic nitrogens is 3. The van der Waals surface area contributed by atoms with Crippen LogP contribution in [0, 0.1) is 0 Å². The lowest BCUT2D eigenvalue weighted by atomic mass is 10.1. The molecule has 3 heterocycles. The topological polar surface area (TPSA) is 59.7 Å². The second-order valence-electron chi connectivity index (χ2n) is 5.27. The van der Waals surface area contributed by atoms with E-state index in [0.29, 0.717) is 17.6 Å². The Labute approximate surface area is 126 Å². The third-order valence-electron chi connectivity index (χ3n) is 3.70. The molecule has 22 heavy (non-hydrogen) atoms. The molecular weight excluding hydrogens is 280 g/mol. The molecule has 1 aliphatic heterocycles. The molecule has 3 aromatic rings. The van der Waals surface area contributed by atoms with Crippen LogP contribution >= 0.6 is 0 Å². The van der Waals surface area contributed by atoms with Crippen molar-refractivity contribution >= 4 is 17.1 Å². The number of nitrogens with zero attached hydrogens (tertiary/aromatic N) is 4. The molecule has 6 nitrogen and oxygen atoms in total. The zero-order valence-corrected chi connectivity index (χ0v) is 12.0. The lowest BCUT2D eigenvalue weighted by Crippen LogP contribution is -2.42. The standard InChI is InChI=1S/C16H14N4O2/c1-11-10-19(14-5-2-3-7-15(14)22-11)16(21)12-9-18-20-13(12)6-4-8-17-20/h2-9,11H,10H2,1H3. The van der Waals surface area contributed by atoms with Gasteiger partial charge in [0.2, 0.25) is 0 Å². The maximum absolute atomic E-state index is 13.0. The summed E-state index contributed by atoms with van der Waals surface area (Å²) >= 11 is 0. The van der Waals surface area contributed by atoms with Crippen LogP contribution in [0.1, 0.15) is 17.3 Å². The fourth-order valence-electron chi connectivity index (χ4n) is 2.72. The third-order valence-corrected chi connectivity index (χ3v) is 3.70. The second-order valence-corrected chi connectivity index (χ2v) is 5.27. The Kier molecular flexibility index (Phi) is 2.82. The molecule has 0 spiro atoms. The summed E-state index contributed by atoms with van der Waals surface area (Å²) in [7, 11) is 0. The molecule has 0 saturated carbocycles. The molecule has 1 unspecified atom stereocenters. The van der Waals surface area contributed by atoms with Crippen LogP contribution in [0.15, 0.2) is 48.8 Å². The van der Waals surface area contributed by atoms with Gasteiger partial charge in [-0.3, -0.25) is 4.79 Å². The Hall–Kier alpha value is -2.89. The van der Waals surface area contributed by atoms with E-state index in [1.165, 1.54) is 4.63 Å². The number of anilines is 1. The molecule has 1 aromatic carbocycles. The first-order valence-corrected chi connectivity index (χ1v) is 7.10. The monoisotopic (exact) mass is 294 g/mol. The summed E-state index contributed by atoms with van der Waals surface area (Å²) in [6.07, 6.45) is 3.15. The number of hydrogen-bond acceptors (Lipinski definition) is 4. The molecule has 1 aliphatic rings. The number of para-hydroxylation sites is 2. The molecule has 0 aliphatic carbocycles. The molecule has 0 radical (unpaired) electrons. The zero-order chi connectivity index (χ0) is 15.1. The number of amides is 1. The predicted octanol–water partition coefficient (Wildman–Crippen LogP) is 2.16. The van der Waals surface area contributed by atoms with E-state index < -0.39 is 0 Å². The number of fused-ring (bicyclic) bond motifs is 2. The average Bonchev–Trinajstić information content (AvgIpc) is 2.97. The maximum Gasteiger partial charge on any atom is 0.262 e.